The summed E-state index contributed by atoms with van der Waals surface area (Å²) in [6.45, 7) is 2.36. The van der Waals surface area contributed by atoms with Crippen LogP contribution in [0.4, 0.5) is 0 Å². The third-order valence-corrected chi connectivity index (χ3v) is 3.37. The van der Waals surface area contributed by atoms with Crippen molar-refractivity contribution in [3.8, 4) is 0 Å². The van der Waals surface area contributed by atoms with E-state index in [1.807, 2.05) is 18.7 Å². The first-order chi connectivity index (χ1) is 5.83. The number of carbonyl (C=O) groups is 1. The molecule has 0 bridgehead atoms. The largest absolute Gasteiger partial charge is 0.466 e. The van der Waals surface area contributed by atoms with Crippen LogP contribution in [-0.4, -0.2) is 23.6 Å². The average molecular weight is 188 g/mol. The van der Waals surface area contributed by atoms with Crippen LogP contribution in [0.25, 0.3) is 0 Å². The van der Waals surface area contributed by atoms with Gasteiger partial charge in [0.2, 0.25) is 0 Å². The molecular formula is C9H16O2S. The van der Waals surface area contributed by atoms with E-state index in [1.54, 1.807) is 0 Å². The van der Waals surface area contributed by atoms with Gasteiger partial charge in [0.25, 0.3) is 0 Å². The van der Waals surface area contributed by atoms with Gasteiger partial charge in [-0.1, -0.05) is 6.42 Å². The maximum Gasteiger partial charge on any atom is 0.306 e. The summed E-state index contributed by atoms with van der Waals surface area (Å²) in [6, 6.07) is 0. The quantitative estimate of drug-likeness (QED) is 0.635. The molecule has 2 nitrogen and oxygen atoms in total. The summed E-state index contributed by atoms with van der Waals surface area (Å²) in [5.41, 5.74) is 0. The fraction of sp³-hybridized carbons (Fsp3) is 0.889. The van der Waals surface area contributed by atoms with E-state index < -0.39 is 0 Å². The zero-order valence-electron chi connectivity index (χ0n) is 7.54. The van der Waals surface area contributed by atoms with Crippen LogP contribution in [-0.2, 0) is 9.53 Å². The van der Waals surface area contributed by atoms with Crippen LogP contribution in [0.3, 0.4) is 0 Å². The van der Waals surface area contributed by atoms with E-state index in [-0.39, 0.29) is 5.97 Å². The Hall–Kier alpha value is -0.180. The molecule has 12 heavy (non-hydrogen) atoms. The first-order valence-electron chi connectivity index (χ1n) is 4.60. The second-order valence-electron chi connectivity index (χ2n) is 3.00. The van der Waals surface area contributed by atoms with Gasteiger partial charge >= 0.3 is 5.97 Å². The van der Waals surface area contributed by atoms with Crippen LogP contribution in [0.2, 0.25) is 0 Å². The van der Waals surface area contributed by atoms with Gasteiger partial charge < -0.3 is 4.74 Å². The van der Waals surface area contributed by atoms with Crippen LogP contribution in [0.5, 0.6) is 0 Å². The van der Waals surface area contributed by atoms with Crippen molar-refractivity contribution in [1.82, 2.24) is 0 Å². The number of hydrogen-bond acceptors (Lipinski definition) is 3. The van der Waals surface area contributed by atoms with Gasteiger partial charge in [-0.2, -0.15) is 11.8 Å². The molecule has 0 aromatic heterocycles. The van der Waals surface area contributed by atoms with Gasteiger partial charge in [-0.15, -0.1) is 0 Å². The average Bonchev–Trinajstić information content (AvgIpc) is 2.06. The standard InChI is InChI=1S/C9H16O2S/c1-2-11-9(10)7-8-5-3-4-6-12-8/h8H,2-7H2,1H3. The molecule has 0 amide bonds. The predicted molar refractivity (Wildman–Crippen MR) is 51.3 cm³/mol. The molecule has 1 rings (SSSR count). The predicted octanol–water partition coefficient (Wildman–Crippen LogP) is 2.23. The van der Waals surface area contributed by atoms with Gasteiger partial charge in [0, 0.05) is 5.25 Å². The number of ether oxygens (including phenoxy) is 1. The van der Waals surface area contributed by atoms with Crippen LogP contribution < -0.4 is 0 Å². The normalized spacial score (nSPS) is 23.6. The van der Waals surface area contributed by atoms with Crippen LogP contribution >= 0.6 is 11.8 Å². The SMILES string of the molecule is CCOC(=O)CC1CCCCS1. The summed E-state index contributed by atoms with van der Waals surface area (Å²) >= 11 is 1.92. The first kappa shape index (κ1) is 9.90. The highest BCUT2D eigenvalue weighted by Crippen LogP contribution is 2.27. The lowest BCUT2D eigenvalue weighted by atomic mass is 10.1. The Balaban J connectivity index is 2.15. The van der Waals surface area contributed by atoms with Gasteiger partial charge in [0.05, 0.1) is 13.0 Å². The van der Waals surface area contributed by atoms with Crippen molar-refractivity contribution < 1.29 is 9.53 Å². The smallest absolute Gasteiger partial charge is 0.306 e. The minimum absolute atomic E-state index is 0.0306. The third kappa shape index (κ3) is 3.48. The molecule has 1 unspecified atom stereocenters. The number of esters is 1. The zero-order chi connectivity index (χ0) is 8.81. The van der Waals surface area contributed by atoms with Gasteiger partial charge in [-0.3, -0.25) is 4.79 Å². The second kappa shape index (κ2) is 5.46. The summed E-state index contributed by atoms with van der Waals surface area (Å²) in [7, 11) is 0. The van der Waals surface area contributed by atoms with E-state index >= 15 is 0 Å². The molecule has 0 saturated carbocycles. The van der Waals surface area contributed by atoms with Crippen molar-refractivity contribution in [1.29, 1.82) is 0 Å². The Labute approximate surface area is 78.1 Å². The minimum atomic E-state index is -0.0306. The fourth-order valence-electron chi connectivity index (χ4n) is 1.37. The minimum Gasteiger partial charge on any atom is -0.466 e. The number of thioether (sulfide) groups is 1. The summed E-state index contributed by atoms with van der Waals surface area (Å²) in [5.74, 6) is 1.18. The zero-order valence-corrected chi connectivity index (χ0v) is 8.36. The Morgan fingerprint density at radius 2 is 2.42 bits per heavy atom. The topological polar surface area (TPSA) is 26.3 Å². The maximum atomic E-state index is 11.1. The van der Waals surface area contributed by atoms with E-state index in [9.17, 15) is 4.79 Å². The molecule has 0 aromatic rings. The first-order valence-corrected chi connectivity index (χ1v) is 5.65. The number of rotatable bonds is 3. The molecule has 70 valence electrons. The van der Waals surface area contributed by atoms with Crippen molar-refractivity contribution in [2.75, 3.05) is 12.4 Å². The van der Waals surface area contributed by atoms with Crippen LogP contribution in [0, 0.1) is 0 Å². The fourth-order valence-corrected chi connectivity index (χ4v) is 2.67. The number of hydrogen-bond donors (Lipinski definition) is 0. The van der Waals surface area contributed by atoms with Crippen molar-refractivity contribution in [2.45, 2.75) is 37.9 Å². The van der Waals surface area contributed by atoms with Gasteiger partial charge in [0.1, 0.15) is 0 Å². The van der Waals surface area contributed by atoms with E-state index in [2.05, 4.69) is 0 Å². The van der Waals surface area contributed by atoms with Crippen LogP contribution in [0.1, 0.15) is 32.6 Å². The highest BCUT2D eigenvalue weighted by Gasteiger charge is 2.17. The van der Waals surface area contributed by atoms with Crippen molar-refractivity contribution in [3.63, 3.8) is 0 Å². The molecule has 0 radical (unpaired) electrons. The van der Waals surface area contributed by atoms with Crippen molar-refractivity contribution in [3.05, 3.63) is 0 Å². The summed E-state index contributed by atoms with van der Waals surface area (Å²) in [4.78, 5) is 11.1. The number of carbonyl (C=O) groups excluding carboxylic acids is 1. The Bertz CT molecular complexity index is 141. The maximum absolute atomic E-state index is 11.1. The molecule has 1 saturated heterocycles. The molecular weight excluding hydrogens is 172 g/mol. The highest BCUT2D eigenvalue weighted by molar-refractivity contribution is 7.99. The summed E-state index contributed by atoms with van der Waals surface area (Å²) in [6.07, 6.45) is 4.38. The Kier molecular flexibility index (Phi) is 4.51. The molecule has 0 aromatic carbocycles. The van der Waals surface area contributed by atoms with E-state index in [0.29, 0.717) is 18.3 Å². The molecule has 3 heteroatoms. The highest BCUT2D eigenvalue weighted by atomic mass is 32.2. The lowest BCUT2D eigenvalue weighted by Crippen LogP contribution is -2.16. The monoisotopic (exact) mass is 188 g/mol. The lowest BCUT2D eigenvalue weighted by Gasteiger charge is -2.19. The second-order valence-corrected chi connectivity index (χ2v) is 4.41. The van der Waals surface area contributed by atoms with Gasteiger partial charge in [-0.25, -0.2) is 0 Å². The molecule has 1 heterocycles. The summed E-state index contributed by atoms with van der Waals surface area (Å²) < 4.78 is 4.89. The van der Waals surface area contributed by atoms with E-state index in [0.717, 1.165) is 0 Å². The van der Waals surface area contributed by atoms with E-state index in [4.69, 9.17) is 4.74 Å². The molecule has 0 aliphatic carbocycles. The molecule has 1 aliphatic rings. The molecule has 1 aliphatic heterocycles. The Morgan fingerprint density at radius 1 is 1.58 bits per heavy atom. The van der Waals surface area contributed by atoms with Gasteiger partial charge in [0.15, 0.2) is 0 Å². The lowest BCUT2D eigenvalue weighted by molar-refractivity contribution is -0.143. The van der Waals surface area contributed by atoms with Gasteiger partial charge in [-0.05, 0) is 25.5 Å². The summed E-state index contributed by atoms with van der Waals surface area (Å²) in [5, 5.41) is 0.526. The Morgan fingerprint density at radius 3 is 3.00 bits per heavy atom. The third-order valence-electron chi connectivity index (χ3n) is 1.97. The van der Waals surface area contributed by atoms with Crippen molar-refractivity contribution in [2.24, 2.45) is 0 Å². The molecule has 0 spiro atoms. The van der Waals surface area contributed by atoms with Crippen molar-refractivity contribution >= 4 is 17.7 Å². The van der Waals surface area contributed by atoms with E-state index in [1.165, 1.54) is 25.0 Å². The molecule has 1 fully saturated rings. The molecule has 0 N–H and O–H groups in total. The molecule has 1 atom stereocenters. The van der Waals surface area contributed by atoms with Crippen LogP contribution in [0.15, 0.2) is 0 Å².